The monoisotopic (exact) mass is 265 g/mol. The van der Waals surface area contributed by atoms with Crippen LogP contribution in [-0.2, 0) is 6.54 Å². The Morgan fingerprint density at radius 2 is 1.84 bits per heavy atom. The van der Waals surface area contributed by atoms with Crippen LogP contribution in [0.4, 0.5) is 0 Å². The fourth-order valence-corrected chi connectivity index (χ4v) is 1.97. The highest BCUT2D eigenvalue weighted by atomic mass is 16.5. The second-order valence-corrected chi connectivity index (χ2v) is 4.65. The van der Waals surface area contributed by atoms with Crippen LogP contribution in [-0.4, -0.2) is 20.3 Å². The number of hydrogen-bond donors (Lipinski definition) is 1. The summed E-state index contributed by atoms with van der Waals surface area (Å²) < 4.78 is 11.5. The molecule has 0 fully saturated rings. The van der Waals surface area contributed by atoms with Gasteiger partial charge in [0.25, 0.3) is 0 Å². The minimum absolute atomic E-state index is 0.662. The molecule has 0 atom stereocenters. The Morgan fingerprint density at radius 1 is 1.00 bits per heavy atom. The summed E-state index contributed by atoms with van der Waals surface area (Å²) in [6, 6.07) is 6.15. The van der Waals surface area contributed by atoms with Gasteiger partial charge >= 0.3 is 0 Å². The highest BCUT2D eigenvalue weighted by Crippen LogP contribution is 2.28. The molecule has 1 aromatic rings. The maximum absolute atomic E-state index is 5.82. The Balaban J connectivity index is 2.54. The quantitative estimate of drug-likeness (QED) is 0.653. The van der Waals surface area contributed by atoms with Gasteiger partial charge in [0.2, 0.25) is 0 Å². The van der Waals surface area contributed by atoms with E-state index in [1.165, 1.54) is 24.8 Å². The van der Waals surface area contributed by atoms with Crippen molar-refractivity contribution in [2.75, 3.05) is 20.3 Å². The van der Waals surface area contributed by atoms with Crippen molar-refractivity contribution in [2.45, 2.75) is 46.1 Å². The van der Waals surface area contributed by atoms with Gasteiger partial charge in [-0.1, -0.05) is 32.3 Å². The van der Waals surface area contributed by atoms with Crippen molar-refractivity contribution in [3.05, 3.63) is 23.8 Å². The van der Waals surface area contributed by atoms with Gasteiger partial charge in [-0.25, -0.2) is 0 Å². The molecule has 0 aliphatic heterocycles. The third kappa shape index (κ3) is 5.97. The van der Waals surface area contributed by atoms with Gasteiger partial charge in [-0.15, -0.1) is 0 Å². The second kappa shape index (κ2) is 9.68. The van der Waals surface area contributed by atoms with E-state index in [2.05, 4.69) is 24.4 Å². The minimum atomic E-state index is 0.662. The molecule has 19 heavy (non-hydrogen) atoms. The lowest BCUT2D eigenvalue weighted by Crippen LogP contribution is -2.06. The van der Waals surface area contributed by atoms with Crippen LogP contribution in [0.25, 0.3) is 0 Å². The molecule has 3 heteroatoms. The van der Waals surface area contributed by atoms with Crippen molar-refractivity contribution in [3.63, 3.8) is 0 Å². The van der Waals surface area contributed by atoms with Crippen LogP contribution in [0, 0.1) is 0 Å². The molecule has 0 amide bonds. The van der Waals surface area contributed by atoms with E-state index in [0.717, 1.165) is 31.1 Å². The van der Waals surface area contributed by atoms with E-state index in [0.29, 0.717) is 6.61 Å². The zero-order valence-corrected chi connectivity index (χ0v) is 12.5. The summed E-state index contributed by atoms with van der Waals surface area (Å²) in [7, 11) is 1.94. The summed E-state index contributed by atoms with van der Waals surface area (Å²) in [6.45, 7) is 6.49. The van der Waals surface area contributed by atoms with Crippen LogP contribution in [0.1, 0.15) is 45.1 Å². The highest BCUT2D eigenvalue weighted by Gasteiger charge is 2.06. The smallest absolute Gasteiger partial charge is 0.161 e. The third-order valence-electron chi connectivity index (χ3n) is 2.94. The molecular weight excluding hydrogens is 238 g/mol. The van der Waals surface area contributed by atoms with Crippen LogP contribution in [0.15, 0.2) is 18.2 Å². The maximum Gasteiger partial charge on any atom is 0.161 e. The Hall–Kier alpha value is -1.22. The Kier molecular flexibility index (Phi) is 8.07. The SMILES string of the molecule is CCCCCCOc1ccc(CNC)cc1OCC. The van der Waals surface area contributed by atoms with Gasteiger partial charge < -0.3 is 14.8 Å². The van der Waals surface area contributed by atoms with Gasteiger partial charge in [-0.2, -0.15) is 0 Å². The molecule has 3 nitrogen and oxygen atoms in total. The number of benzene rings is 1. The first-order chi connectivity index (χ1) is 9.31. The van der Waals surface area contributed by atoms with E-state index >= 15 is 0 Å². The number of rotatable bonds is 10. The van der Waals surface area contributed by atoms with Crippen LogP contribution >= 0.6 is 0 Å². The predicted molar refractivity (Wildman–Crippen MR) is 80.0 cm³/mol. The average Bonchev–Trinajstić information content (AvgIpc) is 2.41. The molecule has 0 aliphatic rings. The lowest BCUT2D eigenvalue weighted by atomic mass is 10.2. The second-order valence-electron chi connectivity index (χ2n) is 4.65. The van der Waals surface area contributed by atoms with Crippen LogP contribution in [0.3, 0.4) is 0 Å². The van der Waals surface area contributed by atoms with Gasteiger partial charge in [0.15, 0.2) is 11.5 Å². The number of unbranched alkanes of at least 4 members (excludes halogenated alkanes) is 3. The number of nitrogens with one attached hydrogen (secondary N) is 1. The van der Waals surface area contributed by atoms with Crippen LogP contribution < -0.4 is 14.8 Å². The van der Waals surface area contributed by atoms with Crippen molar-refractivity contribution in [3.8, 4) is 11.5 Å². The summed E-state index contributed by atoms with van der Waals surface area (Å²) in [5.74, 6) is 1.71. The van der Waals surface area contributed by atoms with Gasteiger partial charge in [-0.3, -0.25) is 0 Å². The molecule has 108 valence electrons. The molecule has 0 radical (unpaired) electrons. The summed E-state index contributed by atoms with van der Waals surface area (Å²) in [5, 5.41) is 3.14. The van der Waals surface area contributed by atoms with E-state index in [9.17, 15) is 0 Å². The van der Waals surface area contributed by atoms with Crippen molar-refractivity contribution < 1.29 is 9.47 Å². The topological polar surface area (TPSA) is 30.5 Å². The van der Waals surface area contributed by atoms with Gasteiger partial charge in [0, 0.05) is 6.54 Å². The summed E-state index contributed by atoms with van der Waals surface area (Å²) in [4.78, 5) is 0. The Morgan fingerprint density at radius 3 is 2.53 bits per heavy atom. The maximum atomic E-state index is 5.82. The fraction of sp³-hybridized carbons (Fsp3) is 0.625. The summed E-state index contributed by atoms with van der Waals surface area (Å²) in [5.41, 5.74) is 1.21. The molecule has 0 spiro atoms. The molecule has 0 heterocycles. The minimum Gasteiger partial charge on any atom is -0.490 e. The third-order valence-corrected chi connectivity index (χ3v) is 2.94. The largest absolute Gasteiger partial charge is 0.490 e. The van der Waals surface area contributed by atoms with E-state index in [4.69, 9.17) is 9.47 Å². The average molecular weight is 265 g/mol. The lowest BCUT2D eigenvalue weighted by molar-refractivity contribution is 0.270. The number of ether oxygens (including phenoxy) is 2. The highest BCUT2D eigenvalue weighted by molar-refractivity contribution is 5.43. The molecule has 0 saturated heterocycles. The van der Waals surface area contributed by atoms with Crippen molar-refractivity contribution >= 4 is 0 Å². The Labute approximate surface area is 117 Å². The van der Waals surface area contributed by atoms with Crippen molar-refractivity contribution in [1.29, 1.82) is 0 Å². The fourth-order valence-electron chi connectivity index (χ4n) is 1.97. The first-order valence-electron chi connectivity index (χ1n) is 7.34. The first-order valence-corrected chi connectivity index (χ1v) is 7.34. The Bertz CT molecular complexity index is 353. The number of hydrogen-bond acceptors (Lipinski definition) is 3. The molecule has 0 unspecified atom stereocenters. The first kappa shape index (κ1) is 15.8. The molecular formula is C16H27NO2. The van der Waals surface area contributed by atoms with Crippen molar-refractivity contribution in [1.82, 2.24) is 5.32 Å². The van der Waals surface area contributed by atoms with Crippen LogP contribution in [0.2, 0.25) is 0 Å². The molecule has 1 aromatic carbocycles. The van der Waals surface area contributed by atoms with E-state index < -0.39 is 0 Å². The van der Waals surface area contributed by atoms with Gasteiger partial charge in [0.05, 0.1) is 13.2 Å². The molecule has 1 rings (SSSR count). The zero-order valence-electron chi connectivity index (χ0n) is 12.5. The molecule has 0 aliphatic carbocycles. The van der Waals surface area contributed by atoms with Gasteiger partial charge in [0.1, 0.15) is 0 Å². The predicted octanol–water partition coefficient (Wildman–Crippen LogP) is 3.76. The molecule has 0 bridgehead atoms. The zero-order chi connectivity index (χ0) is 13.9. The standard InChI is InChI=1S/C16H27NO2/c1-4-6-7-8-11-19-15-10-9-14(13-17-3)12-16(15)18-5-2/h9-10,12,17H,4-8,11,13H2,1-3H3. The van der Waals surface area contributed by atoms with E-state index in [-0.39, 0.29) is 0 Å². The summed E-state index contributed by atoms with van der Waals surface area (Å²) in [6.07, 6.45) is 4.88. The van der Waals surface area contributed by atoms with E-state index in [1.807, 2.05) is 20.0 Å². The van der Waals surface area contributed by atoms with Crippen molar-refractivity contribution in [2.24, 2.45) is 0 Å². The van der Waals surface area contributed by atoms with Crippen LogP contribution in [0.5, 0.6) is 11.5 Å². The molecule has 1 N–H and O–H groups in total. The molecule has 0 saturated carbocycles. The lowest BCUT2D eigenvalue weighted by Gasteiger charge is -2.13. The van der Waals surface area contributed by atoms with E-state index in [1.54, 1.807) is 0 Å². The van der Waals surface area contributed by atoms with Gasteiger partial charge in [-0.05, 0) is 38.1 Å². The normalized spacial score (nSPS) is 10.5. The summed E-state index contributed by atoms with van der Waals surface area (Å²) >= 11 is 0. The molecule has 0 aromatic heterocycles.